The smallest absolute Gasteiger partial charge is 0.269 e. The summed E-state index contributed by atoms with van der Waals surface area (Å²) >= 11 is 12.5. The van der Waals surface area contributed by atoms with Gasteiger partial charge in [-0.05, 0) is 42.3 Å². The topological polar surface area (TPSA) is 104 Å². The fourth-order valence-electron chi connectivity index (χ4n) is 4.47. The zero-order chi connectivity index (χ0) is 28.2. The first-order chi connectivity index (χ1) is 18.6. The van der Waals surface area contributed by atoms with E-state index in [0.29, 0.717) is 26.5 Å². The third kappa shape index (κ3) is 6.27. The number of hydrogen-bond acceptors (Lipinski definition) is 5. The van der Waals surface area contributed by atoms with Gasteiger partial charge in [-0.25, -0.2) is 12.7 Å². The van der Waals surface area contributed by atoms with E-state index < -0.39 is 27.9 Å². The molecule has 1 aliphatic heterocycles. The summed E-state index contributed by atoms with van der Waals surface area (Å²) in [5.74, 6) is -1.56. The Kier molecular flexibility index (Phi) is 8.94. The van der Waals surface area contributed by atoms with Crippen LogP contribution in [0.4, 0.5) is 0 Å². The number of hydrogen-bond donors (Lipinski definition) is 1. The van der Waals surface area contributed by atoms with Crippen molar-refractivity contribution in [3.8, 4) is 0 Å². The Morgan fingerprint density at radius 2 is 1.69 bits per heavy atom. The summed E-state index contributed by atoms with van der Waals surface area (Å²) < 4.78 is 26.7. The van der Waals surface area contributed by atoms with E-state index in [4.69, 9.17) is 23.2 Å². The van der Waals surface area contributed by atoms with Crippen molar-refractivity contribution < 1.29 is 22.8 Å². The summed E-state index contributed by atoms with van der Waals surface area (Å²) in [6, 6.07) is 19.1. The number of nitrogens with zero attached hydrogens (tertiary/aromatic N) is 2. The number of likely N-dealkylation sites (N-methyl/N-ethyl adjacent to an activating group) is 1. The molecule has 3 amide bonds. The van der Waals surface area contributed by atoms with Crippen LogP contribution in [0.2, 0.25) is 10.0 Å². The Labute approximate surface area is 237 Å². The molecule has 1 heterocycles. The van der Waals surface area contributed by atoms with Crippen molar-refractivity contribution in [1.82, 2.24) is 14.5 Å². The average Bonchev–Trinajstić information content (AvgIpc) is 3.11. The SMILES string of the molecule is CCNC(=O)C(Cc1ccccc1)N(Cc1ccc(Cl)cc1Cl)C(=O)CCN1C(=O)c2ccccc2S1(=O)=O. The Hall–Kier alpha value is -3.40. The molecule has 0 spiro atoms. The van der Waals surface area contributed by atoms with E-state index in [1.165, 1.54) is 23.1 Å². The van der Waals surface area contributed by atoms with Crippen molar-refractivity contribution in [3.05, 3.63) is 99.5 Å². The molecule has 0 aliphatic carbocycles. The molecule has 39 heavy (non-hydrogen) atoms. The molecular weight excluding hydrogens is 561 g/mol. The van der Waals surface area contributed by atoms with Crippen molar-refractivity contribution >= 4 is 50.9 Å². The van der Waals surface area contributed by atoms with Gasteiger partial charge in [0, 0.05) is 42.5 Å². The van der Waals surface area contributed by atoms with Crippen molar-refractivity contribution in [1.29, 1.82) is 0 Å². The van der Waals surface area contributed by atoms with E-state index in [2.05, 4.69) is 5.32 Å². The van der Waals surface area contributed by atoms with Crippen LogP contribution >= 0.6 is 23.2 Å². The second kappa shape index (κ2) is 12.2. The van der Waals surface area contributed by atoms with Crippen LogP contribution < -0.4 is 5.32 Å². The van der Waals surface area contributed by atoms with Crippen LogP contribution in [0.3, 0.4) is 0 Å². The molecule has 1 unspecified atom stereocenters. The Morgan fingerprint density at radius 3 is 2.36 bits per heavy atom. The summed E-state index contributed by atoms with van der Waals surface area (Å²) in [4.78, 5) is 41.2. The predicted octanol–water partition coefficient (Wildman–Crippen LogP) is 4.30. The highest BCUT2D eigenvalue weighted by molar-refractivity contribution is 7.90. The van der Waals surface area contributed by atoms with E-state index in [9.17, 15) is 22.8 Å². The maximum atomic E-state index is 13.8. The van der Waals surface area contributed by atoms with Crippen LogP contribution in [-0.2, 0) is 32.6 Å². The molecule has 3 aromatic rings. The van der Waals surface area contributed by atoms with E-state index >= 15 is 0 Å². The first-order valence-electron chi connectivity index (χ1n) is 12.3. The Bertz CT molecular complexity index is 1500. The van der Waals surface area contributed by atoms with Gasteiger partial charge in [0.05, 0.1) is 5.56 Å². The minimum Gasteiger partial charge on any atom is -0.355 e. The first kappa shape index (κ1) is 28.6. The van der Waals surface area contributed by atoms with Gasteiger partial charge >= 0.3 is 0 Å². The molecule has 0 aromatic heterocycles. The lowest BCUT2D eigenvalue weighted by Gasteiger charge is -2.32. The molecule has 0 saturated carbocycles. The zero-order valence-electron chi connectivity index (χ0n) is 21.1. The third-order valence-corrected chi connectivity index (χ3v) is 8.85. The van der Waals surface area contributed by atoms with Gasteiger partial charge in [0.15, 0.2) is 0 Å². The largest absolute Gasteiger partial charge is 0.355 e. The fraction of sp³-hybridized carbons (Fsp3) is 0.250. The van der Waals surface area contributed by atoms with Gasteiger partial charge in [0.25, 0.3) is 15.9 Å². The minimum atomic E-state index is -4.08. The van der Waals surface area contributed by atoms with Gasteiger partial charge in [-0.3, -0.25) is 14.4 Å². The number of fused-ring (bicyclic) bond motifs is 1. The zero-order valence-corrected chi connectivity index (χ0v) is 23.5. The highest BCUT2D eigenvalue weighted by Gasteiger charge is 2.41. The molecule has 8 nitrogen and oxygen atoms in total. The lowest BCUT2D eigenvalue weighted by Crippen LogP contribution is -2.51. The minimum absolute atomic E-state index is 0.0234. The van der Waals surface area contributed by atoms with Crippen molar-refractivity contribution in [2.24, 2.45) is 0 Å². The molecule has 1 aliphatic rings. The summed E-state index contributed by atoms with van der Waals surface area (Å²) in [5.41, 5.74) is 1.47. The molecule has 0 radical (unpaired) electrons. The van der Waals surface area contributed by atoms with E-state index in [0.717, 1.165) is 5.56 Å². The van der Waals surface area contributed by atoms with Crippen LogP contribution in [0.5, 0.6) is 0 Å². The van der Waals surface area contributed by atoms with E-state index in [1.807, 2.05) is 30.3 Å². The lowest BCUT2D eigenvalue weighted by atomic mass is 10.0. The average molecular weight is 589 g/mol. The Balaban J connectivity index is 1.65. The lowest BCUT2D eigenvalue weighted by molar-refractivity contribution is -0.141. The molecular formula is C28H27Cl2N3O5S. The normalized spacial score (nSPS) is 14.5. The number of halogens is 2. The number of carbonyl (C=O) groups excluding carboxylic acids is 3. The Morgan fingerprint density at radius 1 is 1.00 bits per heavy atom. The monoisotopic (exact) mass is 587 g/mol. The fourth-order valence-corrected chi connectivity index (χ4v) is 6.51. The maximum absolute atomic E-state index is 13.8. The number of amides is 3. The standard InChI is InChI=1S/C28H27Cl2N3O5S/c1-2-31-27(35)24(16-19-8-4-3-5-9-19)32(18-20-12-13-21(29)17-23(20)30)26(34)14-15-33-28(36)22-10-6-7-11-25(22)39(33,37)38/h3-13,17,24H,2,14-16,18H2,1H3,(H,31,35). The first-order valence-corrected chi connectivity index (χ1v) is 14.5. The van der Waals surface area contributed by atoms with E-state index in [-0.39, 0.29) is 42.3 Å². The predicted molar refractivity (Wildman–Crippen MR) is 149 cm³/mol. The van der Waals surface area contributed by atoms with Gasteiger partial charge in [-0.15, -0.1) is 0 Å². The second-order valence-corrected chi connectivity index (χ2v) is 11.7. The van der Waals surface area contributed by atoms with Crippen LogP contribution in [-0.4, -0.2) is 54.5 Å². The van der Waals surface area contributed by atoms with Crippen molar-refractivity contribution in [3.63, 3.8) is 0 Å². The highest BCUT2D eigenvalue weighted by atomic mass is 35.5. The van der Waals surface area contributed by atoms with Gasteiger partial charge in [-0.1, -0.05) is 71.7 Å². The second-order valence-electron chi connectivity index (χ2n) is 8.99. The van der Waals surface area contributed by atoms with Crippen molar-refractivity contribution in [2.75, 3.05) is 13.1 Å². The van der Waals surface area contributed by atoms with Gasteiger partial charge in [0.2, 0.25) is 11.8 Å². The van der Waals surface area contributed by atoms with Gasteiger partial charge in [0.1, 0.15) is 10.9 Å². The number of nitrogens with one attached hydrogen (secondary N) is 1. The number of rotatable bonds is 10. The third-order valence-electron chi connectivity index (χ3n) is 6.42. The molecule has 4 rings (SSSR count). The number of benzene rings is 3. The van der Waals surface area contributed by atoms with Gasteiger partial charge < -0.3 is 10.2 Å². The molecule has 11 heteroatoms. The molecule has 1 atom stereocenters. The molecule has 3 aromatic carbocycles. The molecule has 0 saturated heterocycles. The van der Waals surface area contributed by atoms with Crippen LogP contribution in [0, 0.1) is 0 Å². The van der Waals surface area contributed by atoms with Crippen molar-refractivity contribution in [2.45, 2.75) is 37.2 Å². The van der Waals surface area contributed by atoms with Crippen LogP contribution in [0.25, 0.3) is 0 Å². The molecule has 204 valence electrons. The van der Waals surface area contributed by atoms with Crippen LogP contribution in [0.15, 0.2) is 77.7 Å². The summed E-state index contributed by atoms with van der Waals surface area (Å²) in [6.45, 7) is 1.74. The van der Waals surface area contributed by atoms with Gasteiger partial charge in [-0.2, -0.15) is 0 Å². The summed E-state index contributed by atoms with van der Waals surface area (Å²) in [6.07, 6.45) is -0.106. The molecule has 0 fully saturated rings. The quantitative estimate of drug-likeness (QED) is 0.381. The van der Waals surface area contributed by atoms with E-state index in [1.54, 1.807) is 31.2 Å². The number of sulfonamides is 1. The molecule has 1 N–H and O–H groups in total. The highest BCUT2D eigenvalue weighted by Crippen LogP contribution is 2.30. The van der Waals surface area contributed by atoms with Crippen LogP contribution in [0.1, 0.15) is 34.8 Å². The maximum Gasteiger partial charge on any atom is 0.269 e. The molecule has 0 bridgehead atoms. The summed E-state index contributed by atoms with van der Waals surface area (Å²) in [5, 5.41) is 3.53. The summed E-state index contributed by atoms with van der Waals surface area (Å²) in [7, 11) is -4.08. The number of carbonyl (C=O) groups is 3.